The highest BCUT2D eigenvalue weighted by molar-refractivity contribution is 7.87. The van der Waals surface area contributed by atoms with E-state index in [4.69, 9.17) is 5.73 Å². The van der Waals surface area contributed by atoms with Gasteiger partial charge in [-0.1, -0.05) is 18.2 Å². The van der Waals surface area contributed by atoms with Crippen molar-refractivity contribution in [2.45, 2.75) is 33.4 Å². The third-order valence-corrected chi connectivity index (χ3v) is 10.7. The predicted octanol–water partition coefficient (Wildman–Crippen LogP) is 6.01. The van der Waals surface area contributed by atoms with Crippen molar-refractivity contribution in [3.63, 3.8) is 0 Å². The quantitative estimate of drug-likeness (QED) is 0.0690. The van der Waals surface area contributed by atoms with E-state index in [0.29, 0.717) is 28.9 Å². The maximum absolute atomic E-state index is 12.2. The number of anilines is 1. The maximum atomic E-state index is 12.2. The molecule has 17 nitrogen and oxygen atoms in total. The first kappa shape index (κ1) is 35.6. The third-order valence-electron chi connectivity index (χ3n) is 7.19. The Kier molecular flexibility index (Phi) is 8.93. The summed E-state index contributed by atoms with van der Waals surface area (Å²) in [7, 11) is -19.9. The molecular weight excluding hydrogens is 727 g/mol. The number of nitrogens with two attached hydrogens (primary N) is 1. The van der Waals surface area contributed by atoms with Crippen LogP contribution in [0.25, 0.3) is 21.5 Å². The van der Waals surface area contributed by atoms with Gasteiger partial charge in [-0.15, -0.1) is 10.2 Å². The van der Waals surface area contributed by atoms with E-state index in [-0.39, 0.29) is 27.8 Å². The molecule has 256 valence electrons. The Bertz CT molecular complexity index is 2750. The topological polar surface area (TPSA) is 293 Å². The van der Waals surface area contributed by atoms with Crippen LogP contribution in [0.1, 0.15) is 11.1 Å². The van der Waals surface area contributed by atoms with Crippen molar-refractivity contribution in [2.24, 2.45) is 20.5 Å². The van der Waals surface area contributed by atoms with E-state index >= 15 is 0 Å². The number of hydrogen-bond donors (Lipinski definition) is 5. The molecule has 0 radical (unpaired) electrons. The Morgan fingerprint density at radius 3 is 1.61 bits per heavy atom. The van der Waals surface area contributed by atoms with Crippen molar-refractivity contribution in [3.05, 3.63) is 77.9 Å². The predicted molar refractivity (Wildman–Crippen MR) is 176 cm³/mol. The molecule has 6 N–H and O–H groups in total. The van der Waals surface area contributed by atoms with Gasteiger partial charge in [-0.2, -0.15) is 43.9 Å². The molecule has 0 saturated heterocycles. The molecule has 0 saturated carbocycles. The SMILES string of the molecule is Cc1cc(N=Nc2ccc(N)c3c(S(=O)(=O)O)cccc23)c(C)cc1N=Nc1c(S(=O)(=O)O)ccc2c(S(=O)(=O)O)cc(S(=O)(=O)O)cc12. The van der Waals surface area contributed by atoms with E-state index in [2.05, 4.69) is 20.5 Å². The molecule has 0 aliphatic carbocycles. The lowest BCUT2D eigenvalue weighted by molar-refractivity contribution is 0.479. The van der Waals surface area contributed by atoms with Crippen LogP contribution in [0, 0.1) is 13.8 Å². The monoisotopic (exact) mass is 749 g/mol. The van der Waals surface area contributed by atoms with E-state index in [1.807, 2.05) is 0 Å². The first-order valence-corrected chi connectivity index (χ1v) is 19.1. The second-order valence-corrected chi connectivity index (χ2v) is 16.1. The number of benzene rings is 5. The largest absolute Gasteiger partial charge is 0.398 e. The van der Waals surface area contributed by atoms with Crippen LogP contribution in [0.4, 0.5) is 28.4 Å². The van der Waals surface area contributed by atoms with E-state index in [9.17, 15) is 51.9 Å². The van der Waals surface area contributed by atoms with Crippen LogP contribution < -0.4 is 5.73 Å². The Morgan fingerprint density at radius 2 is 1.06 bits per heavy atom. The average Bonchev–Trinajstić information content (AvgIpc) is 2.98. The van der Waals surface area contributed by atoms with E-state index in [1.165, 1.54) is 36.4 Å². The minimum atomic E-state index is -5.13. The second-order valence-electron chi connectivity index (χ2n) is 10.5. The number of fused-ring (bicyclic) bond motifs is 2. The minimum absolute atomic E-state index is 0.0511. The lowest BCUT2D eigenvalue weighted by Gasteiger charge is -2.11. The third kappa shape index (κ3) is 7.18. The average molecular weight is 750 g/mol. The van der Waals surface area contributed by atoms with E-state index < -0.39 is 76.5 Å². The van der Waals surface area contributed by atoms with Gasteiger partial charge in [0, 0.05) is 27.2 Å². The van der Waals surface area contributed by atoms with Crippen molar-refractivity contribution < 1.29 is 51.9 Å². The molecule has 0 heterocycles. The first-order valence-electron chi connectivity index (χ1n) is 13.3. The van der Waals surface area contributed by atoms with Gasteiger partial charge in [0.1, 0.15) is 20.4 Å². The number of nitrogens with zero attached hydrogens (tertiary/aromatic N) is 4. The lowest BCUT2D eigenvalue weighted by Crippen LogP contribution is -2.05. The molecule has 5 aromatic carbocycles. The molecular formula is C28H23N5O12S4. The number of aryl methyl sites for hydroxylation is 2. The molecule has 21 heteroatoms. The summed E-state index contributed by atoms with van der Waals surface area (Å²) in [5.41, 5.74) is 6.85. The van der Waals surface area contributed by atoms with Crippen molar-refractivity contribution >= 4 is 90.5 Å². The Hall–Kier alpha value is -4.74. The zero-order chi connectivity index (χ0) is 36.3. The highest BCUT2D eigenvalue weighted by Gasteiger charge is 2.26. The van der Waals surface area contributed by atoms with E-state index in [0.717, 1.165) is 12.1 Å². The normalized spacial score (nSPS) is 13.3. The zero-order valence-corrected chi connectivity index (χ0v) is 28.2. The van der Waals surface area contributed by atoms with Crippen molar-refractivity contribution in [1.29, 1.82) is 0 Å². The molecule has 49 heavy (non-hydrogen) atoms. The summed E-state index contributed by atoms with van der Waals surface area (Å²) in [4.78, 5) is -3.33. The highest BCUT2D eigenvalue weighted by atomic mass is 32.2. The number of nitrogen functional groups attached to an aromatic ring is 1. The summed E-state index contributed by atoms with van der Waals surface area (Å²) in [5, 5.41) is 15.9. The first-order chi connectivity index (χ1) is 22.6. The van der Waals surface area contributed by atoms with Crippen LogP contribution in [0.3, 0.4) is 0 Å². The fraction of sp³-hybridized carbons (Fsp3) is 0.0714. The number of hydrogen-bond acceptors (Lipinski definition) is 13. The molecule has 0 bridgehead atoms. The summed E-state index contributed by atoms with van der Waals surface area (Å²) in [6.07, 6.45) is 0. The van der Waals surface area contributed by atoms with Crippen LogP contribution in [0.15, 0.2) is 107 Å². The smallest absolute Gasteiger partial charge is 0.296 e. The van der Waals surface area contributed by atoms with Crippen LogP contribution in [-0.2, 0) is 40.5 Å². The van der Waals surface area contributed by atoms with Gasteiger partial charge in [0.05, 0.1) is 22.0 Å². The second kappa shape index (κ2) is 12.3. The van der Waals surface area contributed by atoms with Crippen molar-refractivity contribution in [2.75, 3.05) is 5.73 Å². The zero-order valence-electron chi connectivity index (χ0n) is 24.9. The van der Waals surface area contributed by atoms with Crippen LogP contribution >= 0.6 is 0 Å². The molecule has 0 atom stereocenters. The summed E-state index contributed by atoms with van der Waals surface area (Å²) < 4.78 is 135. The summed E-state index contributed by atoms with van der Waals surface area (Å²) in [6.45, 7) is 3.19. The summed E-state index contributed by atoms with van der Waals surface area (Å²) >= 11 is 0. The molecule has 0 aliphatic heterocycles. The van der Waals surface area contributed by atoms with Crippen molar-refractivity contribution in [3.8, 4) is 0 Å². The van der Waals surface area contributed by atoms with Gasteiger partial charge in [-0.3, -0.25) is 18.2 Å². The molecule has 5 rings (SSSR count). The van der Waals surface area contributed by atoms with Gasteiger partial charge >= 0.3 is 0 Å². The number of rotatable bonds is 8. The van der Waals surface area contributed by atoms with E-state index in [1.54, 1.807) is 19.9 Å². The van der Waals surface area contributed by atoms with Gasteiger partial charge in [0.25, 0.3) is 40.5 Å². The van der Waals surface area contributed by atoms with Gasteiger partial charge in [0.15, 0.2) is 0 Å². The van der Waals surface area contributed by atoms with Gasteiger partial charge in [-0.05, 0) is 73.5 Å². The Balaban J connectivity index is 1.64. The minimum Gasteiger partial charge on any atom is -0.398 e. The Labute approximate surface area is 278 Å². The lowest BCUT2D eigenvalue weighted by atomic mass is 10.1. The fourth-order valence-corrected chi connectivity index (χ4v) is 7.62. The van der Waals surface area contributed by atoms with Gasteiger partial charge in [-0.25, -0.2) is 0 Å². The molecule has 0 fully saturated rings. The fourth-order valence-electron chi connectivity index (χ4n) is 4.91. The molecule has 0 spiro atoms. The summed E-state index contributed by atoms with van der Waals surface area (Å²) in [5.74, 6) is 0. The Morgan fingerprint density at radius 1 is 0.510 bits per heavy atom. The highest BCUT2D eigenvalue weighted by Crippen LogP contribution is 2.40. The summed E-state index contributed by atoms with van der Waals surface area (Å²) in [6, 6.07) is 12.8. The molecule has 5 aromatic rings. The van der Waals surface area contributed by atoms with Crippen LogP contribution in [0.5, 0.6) is 0 Å². The van der Waals surface area contributed by atoms with Crippen molar-refractivity contribution in [1.82, 2.24) is 0 Å². The maximum Gasteiger partial charge on any atom is 0.296 e. The molecule has 0 amide bonds. The molecule has 0 aliphatic rings. The van der Waals surface area contributed by atoms with Gasteiger partial charge < -0.3 is 5.73 Å². The number of azo groups is 2. The van der Waals surface area contributed by atoms with Crippen LogP contribution in [0.2, 0.25) is 0 Å². The molecule has 0 aromatic heterocycles. The standard InChI is InChI=1S/C28H23N5O12S4/c1-14-11-23(15(2)10-22(14)31-30-21-8-7-20(29)27-18(21)4-3-5-24(27)47(37,38)39)32-33-28-19-12-16(46(34,35)36)13-26(49(43,44)45)17(19)6-9-25(28)48(40,41)42/h3-13H,29H2,1-2H3,(H,34,35,36)(H,37,38,39)(H,40,41,42)(H,43,44,45). The van der Waals surface area contributed by atoms with Crippen LogP contribution in [-0.4, -0.2) is 51.9 Å². The molecule has 0 unspecified atom stereocenters. The van der Waals surface area contributed by atoms with Gasteiger partial charge in [0.2, 0.25) is 0 Å².